The number of carbonyl (C=O) groups is 1. The normalized spacial score (nSPS) is 24.6. The zero-order valence-electron chi connectivity index (χ0n) is 10.5. The average molecular weight is 231 g/mol. The molecule has 1 aliphatic rings. The maximum absolute atomic E-state index is 12.2. The molecule has 0 amide bonds. The molecule has 2 atom stereocenters. The van der Waals surface area contributed by atoms with Gasteiger partial charge in [0, 0.05) is 18.4 Å². The summed E-state index contributed by atoms with van der Waals surface area (Å²) in [4.78, 5) is 12.2. The predicted octanol–water partition coefficient (Wildman–Crippen LogP) is 2.62. The predicted molar refractivity (Wildman–Crippen MR) is 69.8 cm³/mol. The van der Waals surface area contributed by atoms with E-state index in [-0.39, 0.29) is 12.0 Å². The quantitative estimate of drug-likeness (QED) is 0.869. The summed E-state index contributed by atoms with van der Waals surface area (Å²) in [7, 11) is 0. The second kappa shape index (κ2) is 5.46. The van der Waals surface area contributed by atoms with Gasteiger partial charge in [0.05, 0.1) is 0 Å². The first-order valence-electron chi connectivity index (χ1n) is 6.49. The molecule has 17 heavy (non-hydrogen) atoms. The second-order valence-electron chi connectivity index (χ2n) is 5.19. The van der Waals surface area contributed by atoms with Crippen molar-refractivity contribution in [2.45, 2.75) is 45.1 Å². The number of benzene rings is 1. The molecule has 0 spiro atoms. The van der Waals surface area contributed by atoms with E-state index in [0.717, 1.165) is 31.2 Å². The first-order chi connectivity index (χ1) is 8.16. The fourth-order valence-electron chi connectivity index (χ4n) is 2.66. The Bertz CT molecular complexity index is 400. The Morgan fingerprint density at radius 2 is 2.12 bits per heavy atom. The lowest BCUT2D eigenvalue weighted by atomic mass is 9.81. The van der Waals surface area contributed by atoms with E-state index in [2.05, 4.69) is 19.1 Å². The molecule has 1 aliphatic carbocycles. The third kappa shape index (κ3) is 3.16. The third-order valence-electron chi connectivity index (χ3n) is 3.80. The van der Waals surface area contributed by atoms with Crippen molar-refractivity contribution < 1.29 is 4.79 Å². The van der Waals surface area contributed by atoms with E-state index in [1.807, 2.05) is 12.1 Å². The van der Waals surface area contributed by atoms with Gasteiger partial charge >= 0.3 is 0 Å². The first-order valence-corrected chi connectivity index (χ1v) is 6.49. The van der Waals surface area contributed by atoms with Crippen LogP contribution in [0.3, 0.4) is 0 Å². The summed E-state index contributed by atoms with van der Waals surface area (Å²) in [6.07, 6.45) is 4.66. The summed E-state index contributed by atoms with van der Waals surface area (Å²) >= 11 is 0. The van der Waals surface area contributed by atoms with Gasteiger partial charge in [-0.3, -0.25) is 4.79 Å². The average Bonchev–Trinajstić information content (AvgIpc) is 2.32. The van der Waals surface area contributed by atoms with Gasteiger partial charge in [0.1, 0.15) is 5.78 Å². The highest BCUT2D eigenvalue weighted by Crippen LogP contribution is 2.25. The van der Waals surface area contributed by atoms with Crippen LogP contribution < -0.4 is 5.73 Å². The van der Waals surface area contributed by atoms with Gasteiger partial charge in [0.25, 0.3) is 0 Å². The summed E-state index contributed by atoms with van der Waals surface area (Å²) in [6.45, 7) is 2.06. The Morgan fingerprint density at radius 3 is 2.82 bits per heavy atom. The third-order valence-corrected chi connectivity index (χ3v) is 3.80. The van der Waals surface area contributed by atoms with Gasteiger partial charge in [-0.1, -0.05) is 30.7 Å². The molecule has 2 heteroatoms. The molecule has 0 aliphatic heterocycles. The number of hydrogen-bond donors (Lipinski definition) is 1. The van der Waals surface area contributed by atoms with Crippen LogP contribution in [0.1, 0.15) is 36.8 Å². The molecule has 0 saturated heterocycles. The topological polar surface area (TPSA) is 43.1 Å². The van der Waals surface area contributed by atoms with E-state index in [1.165, 1.54) is 5.56 Å². The maximum atomic E-state index is 12.2. The van der Waals surface area contributed by atoms with Gasteiger partial charge < -0.3 is 5.73 Å². The molecular weight excluding hydrogens is 210 g/mol. The number of ketones is 1. The minimum absolute atomic E-state index is 0.193. The molecule has 2 unspecified atom stereocenters. The Morgan fingerprint density at radius 1 is 1.35 bits per heavy atom. The summed E-state index contributed by atoms with van der Waals surface area (Å²) in [5, 5.41) is 0. The van der Waals surface area contributed by atoms with Crippen LogP contribution in [0, 0.1) is 12.8 Å². The maximum Gasteiger partial charge on any atom is 0.140 e. The van der Waals surface area contributed by atoms with Gasteiger partial charge in [0.15, 0.2) is 0 Å². The Kier molecular flexibility index (Phi) is 3.95. The lowest BCUT2D eigenvalue weighted by Crippen LogP contribution is -2.32. The van der Waals surface area contributed by atoms with Crippen molar-refractivity contribution in [3.8, 4) is 0 Å². The van der Waals surface area contributed by atoms with Crippen LogP contribution in [0.5, 0.6) is 0 Å². The largest absolute Gasteiger partial charge is 0.328 e. The summed E-state index contributed by atoms with van der Waals surface area (Å²) in [5.41, 5.74) is 8.31. The molecule has 92 valence electrons. The van der Waals surface area contributed by atoms with Gasteiger partial charge in [0.2, 0.25) is 0 Å². The molecule has 0 aromatic heterocycles. The Balaban J connectivity index is 1.99. The van der Waals surface area contributed by atoms with Crippen LogP contribution in [-0.4, -0.2) is 11.8 Å². The molecule has 0 bridgehead atoms. The zero-order chi connectivity index (χ0) is 12.3. The molecule has 1 aromatic rings. The number of Topliss-reactive ketones (excluding diaryl/α,β-unsaturated/α-hetero) is 1. The van der Waals surface area contributed by atoms with Gasteiger partial charge in [-0.05, 0) is 37.3 Å². The van der Waals surface area contributed by atoms with Gasteiger partial charge in [-0.25, -0.2) is 0 Å². The van der Waals surface area contributed by atoms with Crippen LogP contribution in [0.4, 0.5) is 0 Å². The van der Waals surface area contributed by atoms with Crippen molar-refractivity contribution in [3.63, 3.8) is 0 Å². The van der Waals surface area contributed by atoms with E-state index in [9.17, 15) is 4.79 Å². The summed E-state index contributed by atoms with van der Waals surface area (Å²) < 4.78 is 0. The van der Waals surface area contributed by atoms with Gasteiger partial charge in [-0.15, -0.1) is 0 Å². The fourth-order valence-corrected chi connectivity index (χ4v) is 2.66. The first kappa shape index (κ1) is 12.3. The van der Waals surface area contributed by atoms with Gasteiger partial charge in [-0.2, -0.15) is 0 Å². The Labute approximate surface area is 103 Å². The number of carbonyl (C=O) groups excluding carboxylic acids is 1. The highest BCUT2D eigenvalue weighted by Gasteiger charge is 2.25. The number of aryl methyl sites for hydroxylation is 1. The minimum Gasteiger partial charge on any atom is -0.328 e. The van der Waals surface area contributed by atoms with Crippen LogP contribution >= 0.6 is 0 Å². The molecule has 2 N–H and O–H groups in total. The highest BCUT2D eigenvalue weighted by atomic mass is 16.1. The smallest absolute Gasteiger partial charge is 0.140 e. The molecule has 0 radical (unpaired) electrons. The van der Waals surface area contributed by atoms with Crippen LogP contribution in [-0.2, 0) is 11.2 Å². The molecule has 0 heterocycles. The zero-order valence-corrected chi connectivity index (χ0v) is 10.5. The number of hydrogen-bond acceptors (Lipinski definition) is 2. The van der Waals surface area contributed by atoms with Crippen molar-refractivity contribution in [3.05, 3.63) is 35.4 Å². The molecular formula is C15H21NO. The second-order valence-corrected chi connectivity index (χ2v) is 5.19. The summed E-state index contributed by atoms with van der Waals surface area (Å²) in [5.74, 6) is 0.563. The van der Waals surface area contributed by atoms with E-state index in [4.69, 9.17) is 5.73 Å². The molecule has 1 fully saturated rings. The van der Waals surface area contributed by atoms with Crippen LogP contribution in [0.25, 0.3) is 0 Å². The van der Waals surface area contributed by atoms with E-state index in [0.29, 0.717) is 12.2 Å². The van der Waals surface area contributed by atoms with Crippen molar-refractivity contribution in [1.82, 2.24) is 0 Å². The lowest BCUT2D eigenvalue weighted by Gasteiger charge is -2.25. The molecule has 2 rings (SSSR count). The van der Waals surface area contributed by atoms with E-state index in [1.54, 1.807) is 0 Å². The van der Waals surface area contributed by atoms with Crippen molar-refractivity contribution >= 4 is 5.78 Å². The van der Waals surface area contributed by atoms with Crippen LogP contribution in [0.15, 0.2) is 24.3 Å². The van der Waals surface area contributed by atoms with Crippen LogP contribution in [0.2, 0.25) is 0 Å². The minimum atomic E-state index is 0.193. The molecule has 1 aromatic carbocycles. The molecule has 2 nitrogen and oxygen atoms in total. The number of nitrogens with two attached hydrogens (primary N) is 1. The van der Waals surface area contributed by atoms with E-state index < -0.39 is 0 Å². The lowest BCUT2D eigenvalue weighted by molar-refractivity contribution is -0.123. The van der Waals surface area contributed by atoms with Crippen molar-refractivity contribution in [2.24, 2.45) is 11.7 Å². The standard InChI is InChI=1S/C15H21NO/c1-11-5-2-3-6-12(11)10-15(17)13-7-4-8-14(16)9-13/h2-3,5-6,13-14H,4,7-10,16H2,1H3. The Hall–Kier alpha value is -1.15. The van der Waals surface area contributed by atoms with E-state index >= 15 is 0 Å². The van der Waals surface area contributed by atoms with Crippen molar-refractivity contribution in [2.75, 3.05) is 0 Å². The SMILES string of the molecule is Cc1ccccc1CC(=O)C1CCCC(N)C1. The molecule has 1 saturated carbocycles. The highest BCUT2D eigenvalue weighted by molar-refractivity contribution is 5.83. The van der Waals surface area contributed by atoms with Crippen molar-refractivity contribution in [1.29, 1.82) is 0 Å². The fraction of sp³-hybridized carbons (Fsp3) is 0.533. The number of rotatable bonds is 3. The monoisotopic (exact) mass is 231 g/mol. The summed E-state index contributed by atoms with van der Waals surface area (Å²) in [6, 6.07) is 8.36.